The Hall–Kier alpha value is -0.550. The third-order valence-electron chi connectivity index (χ3n) is 2.93. The monoisotopic (exact) mass is 361 g/mol. The number of nitrogens with zero attached hydrogens (tertiary/aromatic N) is 1. The SMILES string of the molecule is O=C(O)c1cc(Br)cc(Br)c1N1CCCCC1. The number of piperidine rings is 1. The van der Waals surface area contributed by atoms with E-state index in [0.29, 0.717) is 5.56 Å². The molecule has 0 bridgehead atoms. The molecule has 0 unspecified atom stereocenters. The molecule has 1 fully saturated rings. The van der Waals surface area contributed by atoms with Crippen molar-refractivity contribution in [2.24, 2.45) is 0 Å². The Kier molecular flexibility index (Phi) is 4.09. The van der Waals surface area contributed by atoms with Gasteiger partial charge in [-0.25, -0.2) is 4.79 Å². The summed E-state index contributed by atoms with van der Waals surface area (Å²) in [6, 6.07) is 3.56. The van der Waals surface area contributed by atoms with Gasteiger partial charge in [-0.15, -0.1) is 0 Å². The number of hydrogen-bond acceptors (Lipinski definition) is 2. The molecule has 1 N–H and O–H groups in total. The first-order chi connectivity index (χ1) is 8.09. The Morgan fingerprint density at radius 2 is 1.82 bits per heavy atom. The van der Waals surface area contributed by atoms with Gasteiger partial charge >= 0.3 is 5.97 Å². The van der Waals surface area contributed by atoms with Crippen LogP contribution in [0.5, 0.6) is 0 Å². The number of anilines is 1. The van der Waals surface area contributed by atoms with Crippen molar-refractivity contribution < 1.29 is 9.90 Å². The minimum atomic E-state index is -0.882. The minimum Gasteiger partial charge on any atom is -0.478 e. The van der Waals surface area contributed by atoms with Crippen molar-refractivity contribution in [2.75, 3.05) is 18.0 Å². The van der Waals surface area contributed by atoms with E-state index in [-0.39, 0.29) is 0 Å². The summed E-state index contributed by atoms with van der Waals surface area (Å²) in [7, 11) is 0. The maximum atomic E-state index is 11.3. The fourth-order valence-corrected chi connectivity index (χ4v) is 3.64. The van der Waals surface area contributed by atoms with Gasteiger partial charge in [0.25, 0.3) is 0 Å². The molecule has 2 rings (SSSR count). The van der Waals surface area contributed by atoms with Crippen molar-refractivity contribution >= 4 is 43.5 Å². The first-order valence-corrected chi connectivity index (χ1v) is 7.15. The molecular formula is C12H13Br2NO2. The number of carbonyl (C=O) groups is 1. The molecule has 0 radical (unpaired) electrons. The maximum absolute atomic E-state index is 11.3. The molecule has 1 heterocycles. The summed E-state index contributed by atoms with van der Waals surface area (Å²) >= 11 is 6.79. The van der Waals surface area contributed by atoms with Crippen LogP contribution in [0.4, 0.5) is 5.69 Å². The first-order valence-electron chi connectivity index (χ1n) is 5.57. The standard InChI is InChI=1S/C12H13Br2NO2/c13-8-6-9(12(16)17)11(10(14)7-8)15-4-2-1-3-5-15/h6-7H,1-5H2,(H,16,17). The van der Waals surface area contributed by atoms with E-state index >= 15 is 0 Å². The van der Waals surface area contributed by atoms with Crippen molar-refractivity contribution in [2.45, 2.75) is 19.3 Å². The van der Waals surface area contributed by atoms with Crippen molar-refractivity contribution in [3.8, 4) is 0 Å². The summed E-state index contributed by atoms with van der Waals surface area (Å²) in [5.74, 6) is -0.882. The van der Waals surface area contributed by atoms with E-state index in [2.05, 4.69) is 36.8 Å². The van der Waals surface area contributed by atoms with Crippen LogP contribution >= 0.6 is 31.9 Å². The van der Waals surface area contributed by atoms with Gasteiger partial charge in [-0.1, -0.05) is 15.9 Å². The lowest BCUT2D eigenvalue weighted by atomic mass is 10.1. The van der Waals surface area contributed by atoms with Crippen LogP contribution < -0.4 is 4.90 Å². The number of halogens is 2. The molecule has 0 aliphatic carbocycles. The molecule has 1 aromatic rings. The van der Waals surface area contributed by atoms with Crippen LogP contribution in [0.1, 0.15) is 29.6 Å². The zero-order chi connectivity index (χ0) is 12.4. The van der Waals surface area contributed by atoms with Gasteiger partial charge in [0, 0.05) is 22.0 Å². The van der Waals surface area contributed by atoms with Gasteiger partial charge in [0.2, 0.25) is 0 Å². The lowest BCUT2D eigenvalue weighted by molar-refractivity contribution is 0.0697. The smallest absolute Gasteiger partial charge is 0.337 e. The Balaban J connectivity index is 2.46. The second kappa shape index (κ2) is 5.40. The predicted molar refractivity (Wildman–Crippen MR) is 74.9 cm³/mol. The molecule has 0 saturated carbocycles. The molecule has 5 heteroatoms. The summed E-state index contributed by atoms with van der Waals surface area (Å²) in [5, 5.41) is 9.28. The van der Waals surface area contributed by atoms with Gasteiger partial charge in [-0.3, -0.25) is 0 Å². The molecule has 0 atom stereocenters. The Morgan fingerprint density at radius 3 is 2.41 bits per heavy atom. The summed E-state index contributed by atoms with van der Waals surface area (Å²) in [6.45, 7) is 1.86. The fourth-order valence-electron chi connectivity index (χ4n) is 2.17. The highest BCUT2D eigenvalue weighted by molar-refractivity contribution is 9.11. The Bertz CT molecular complexity index is 442. The van der Waals surface area contributed by atoms with Crippen LogP contribution in [-0.2, 0) is 0 Å². The number of hydrogen-bond donors (Lipinski definition) is 1. The number of carboxylic acid groups (broad SMARTS) is 1. The highest BCUT2D eigenvalue weighted by Crippen LogP contribution is 2.35. The van der Waals surface area contributed by atoms with E-state index in [1.165, 1.54) is 6.42 Å². The Labute approximate surface area is 117 Å². The van der Waals surface area contributed by atoms with Crippen LogP contribution in [-0.4, -0.2) is 24.2 Å². The third kappa shape index (κ3) is 2.83. The lowest BCUT2D eigenvalue weighted by Gasteiger charge is -2.30. The molecule has 1 aliphatic rings. The lowest BCUT2D eigenvalue weighted by Crippen LogP contribution is -2.31. The van der Waals surface area contributed by atoms with Crippen molar-refractivity contribution in [3.63, 3.8) is 0 Å². The Morgan fingerprint density at radius 1 is 1.18 bits per heavy atom. The molecule has 17 heavy (non-hydrogen) atoms. The topological polar surface area (TPSA) is 40.5 Å². The molecule has 0 spiro atoms. The molecule has 92 valence electrons. The summed E-state index contributed by atoms with van der Waals surface area (Å²) < 4.78 is 1.62. The summed E-state index contributed by atoms with van der Waals surface area (Å²) in [6.07, 6.45) is 3.48. The van der Waals surface area contributed by atoms with Gasteiger partial charge in [-0.05, 0) is 47.3 Å². The number of aromatic carboxylic acids is 1. The normalized spacial score (nSPS) is 16.0. The highest BCUT2D eigenvalue weighted by Gasteiger charge is 2.21. The molecule has 3 nitrogen and oxygen atoms in total. The predicted octanol–water partition coefficient (Wildman–Crippen LogP) is 3.90. The molecular weight excluding hydrogens is 350 g/mol. The average molecular weight is 363 g/mol. The highest BCUT2D eigenvalue weighted by atomic mass is 79.9. The van der Waals surface area contributed by atoms with Crippen LogP contribution in [0.25, 0.3) is 0 Å². The van der Waals surface area contributed by atoms with E-state index in [1.54, 1.807) is 6.07 Å². The fraction of sp³-hybridized carbons (Fsp3) is 0.417. The number of benzene rings is 1. The van der Waals surface area contributed by atoms with Crippen LogP contribution in [0.3, 0.4) is 0 Å². The van der Waals surface area contributed by atoms with Crippen LogP contribution in [0.15, 0.2) is 21.1 Å². The maximum Gasteiger partial charge on any atom is 0.337 e. The summed E-state index contributed by atoms with van der Waals surface area (Å²) in [5.41, 5.74) is 1.16. The van der Waals surface area contributed by atoms with Gasteiger partial charge in [0.05, 0.1) is 11.3 Å². The van der Waals surface area contributed by atoms with E-state index in [0.717, 1.165) is 40.6 Å². The van der Waals surface area contributed by atoms with Crippen molar-refractivity contribution in [3.05, 3.63) is 26.6 Å². The van der Waals surface area contributed by atoms with E-state index < -0.39 is 5.97 Å². The molecule has 0 aromatic heterocycles. The van der Waals surface area contributed by atoms with E-state index in [1.807, 2.05) is 6.07 Å². The van der Waals surface area contributed by atoms with E-state index in [4.69, 9.17) is 0 Å². The van der Waals surface area contributed by atoms with Gasteiger partial charge in [0.1, 0.15) is 0 Å². The van der Waals surface area contributed by atoms with Gasteiger partial charge in [-0.2, -0.15) is 0 Å². The summed E-state index contributed by atoms with van der Waals surface area (Å²) in [4.78, 5) is 13.5. The zero-order valence-electron chi connectivity index (χ0n) is 9.25. The van der Waals surface area contributed by atoms with Crippen LogP contribution in [0, 0.1) is 0 Å². The zero-order valence-corrected chi connectivity index (χ0v) is 12.4. The average Bonchev–Trinajstić information content (AvgIpc) is 2.29. The number of carboxylic acids is 1. The molecule has 1 aliphatic heterocycles. The van der Waals surface area contributed by atoms with E-state index in [9.17, 15) is 9.90 Å². The molecule has 1 saturated heterocycles. The molecule has 0 amide bonds. The molecule has 1 aromatic carbocycles. The van der Waals surface area contributed by atoms with Gasteiger partial charge in [0.15, 0.2) is 0 Å². The van der Waals surface area contributed by atoms with Crippen molar-refractivity contribution in [1.82, 2.24) is 0 Å². The minimum absolute atomic E-state index is 0.355. The second-order valence-electron chi connectivity index (χ2n) is 4.14. The largest absolute Gasteiger partial charge is 0.478 e. The van der Waals surface area contributed by atoms with Gasteiger partial charge < -0.3 is 10.0 Å². The quantitative estimate of drug-likeness (QED) is 0.867. The first kappa shape index (κ1) is 12.9. The number of rotatable bonds is 2. The van der Waals surface area contributed by atoms with Crippen molar-refractivity contribution in [1.29, 1.82) is 0 Å². The van der Waals surface area contributed by atoms with Crippen LogP contribution in [0.2, 0.25) is 0 Å². The third-order valence-corrected chi connectivity index (χ3v) is 3.99. The second-order valence-corrected chi connectivity index (χ2v) is 5.91.